The van der Waals surface area contributed by atoms with Gasteiger partial charge in [-0.2, -0.15) is 0 Å². The molecule has 1 aromatic rings. The van der Waals surface area contributed by atoms with Gasteiger partial charge in [0.05, 0.1) is 18.4 Å². The van der Waals surface area contributed by atoms with Gasteiger partial charge in [0.2, 0.25) is 0 Å². The first-order chi connectivity index (χ1) is 9.65. The predicted octanol–water partition coefficient (Wildman–Crippen LogP) is 0.749. The van der Waals surface area contributed by atoms with E-state index in [0.717, 1.165) is 25.7 Å². The Morgan fingerprint density at radius 2 is 2.10 bits per heavy atom. The monoisotopic (exact) mass is 281 g/mol. The van der Waals surface area contributed by atoms with Crippen molar-refractivity contribution in [2.45, 2.75) is 19.4 Å². The van der Waals surface area contributed by atoms with E-state index in [1.54, 1.807) is 4.90 Å². The molecule has 6 heteroatoms. The van der Waals surface area contributed by atoms with Gasteiger partial charge >= 0.3 is 0 Å². The summed E-state index contributed by atoms with van der Waals surface area (Å²) in [7, 11) is 0. The van der Waals surface area contributed by atoms with Crippen molar-refractivity contribution < 1.29 is 14.3 Å². The summed E-state index contributed by atoms with van der Waals surface area (Å²) in [4.78, 5) is 19.8. The van der Waals surface area contributed by atoms with Crippen LogP contribution in [0.25, 0.3) is 0 Å². The number of hydrogen-bond acceptors (Lipinski definition) is 4. The summed E-state index contributed by atoms with van der Waals surface area (Å²) in [6, 6.07) is 1.37. The molecule has 0 radical (unpaired) electrons. The summed E-state index contributed by atoms with van der Waals surface area (Å²) in [5.74, 6) is -0.686. The Hall–Kier alpha value is -1.53. The van der Waals surface area contributed by atoms with E-state index in [9.17, 15) is 14.3 Å². The highest BCUT2D eigenvalue weighted by atomic mass is 19.1. The van der Waals surface area contributed by atoms with E-state index in [0.29, 0.717) is 13.1 Å². The van der Waals surface area contributed by atoms with Crippen molar-refractivity contribution in [2.75, 3.05) is 32.8 Å². The zero-order valence-corrected chi connectivity index (χ0v) is 11.6. The lowest BCUT2D eigenvalue weighted by Gasteiger charge is -2.38. The first-order valence-electron chi connectivity index (χ1n) is 6.90. The molecule has 1 fully saturated rings. The van der Waals surface area contributed by atoms with E-state index in [-0.39, 0.29) is 24.1 Å². The summed E-state index contributed by atoms with van der Waals surface area (Å²) in [6.07, 6.45) is 3.36. The summed E-state index contributed by atoms with van der Waals surface area (Å²) >= 11 is 0. The third kappa shape index (κ3) is 3.32. The van der Waals surface area contributed by atoms with Gasteiger partial charge < -0.3 is 10.0 Å². The zero-order chi connectivity index (χ0) is 14.5. The molecule has 5 nitrogen and oxygen atoms in total. The van der Waals surface area contributed by atoms with Gasteiger partial charge in [0.25, 0.3) is 5.91 Å². The van der Waals surface area contributed by atoms with Crippen LogP contribution in [0.4, 0.5) is 4.39 Å². The molecule has 1 aromatic heterocycles. The number of halogens is 1. The average Bonchev–Trinajstić information content (AvgIpc) is 2.48. The molecule has 0 aromatic carbocycles. The number of pyridine rings is 1. The smallest absolute Gasteiger partial charge is 0.255 e. The van der Waals surface area contributed by atoms with Crippen LogP contribution in [0.2, 0.25) is 0 Å². The van der Waals surface area contributed by atoms with Crippen LogP contribution in [-0.2, 0) is 0 Å². The van der Waals surface area contributed by atoms with Crippen LogP contribution >= 0.6 is 0 Å². The highest BCUT2D eigenvalue weighted by Gasteiger charge is 2.25. The minimum absolute atomic E-state index is 0.137. The predicted molar refractivity (Wildman–Crippen MR) is 72.8 cm³/mol. The van der Waals surface area contributed by atoms with Crippen LogP contribution in [0, 0.1) is 5.82 Å². The molecule has 1 aliphatic heterocycles. The lowest BCUT2D eigenvalue weighted by molar-refractivity contribution is 0.0471. The molecule has 1 amide bonds. The quantitative estimate of drug-likeness (QED) is 0.885. The maximum Gasteiger partial charge on any atom is 0.255 e. The number of hydrogen-bond donors (Lipinski definition) is 1. The van der Waals surface area contributed by atoms with Gasteiger partial charge in [0.15, 0.2) is 0 Å². The van der Waals surface area contributed by atoms with Gasteiger partial charge in [-0.25, -0.2) is 4.39 Å². The summed E-state index contributed by atoms with van der Waals surface area (Å²) in [5.41, 5.74) is 0.285. The second-order valence-electron chi connectivity index (χ2n) is 4.96. The molecule has 0 aliphatic carbocycles. The Kier molecular flexibility index (Phi) is 5.03. The fraction of sp³-hybridized carbons (Fsp3) is 0.571. The van der Waals surface area contributed by atoms with Gasteiger partial charge in [-0.15, -0.1) is 0 Å². The van der Waals surface area contributed by atoms with E-state index in [1.807, 2.05) is 6.92 Å². The Morgan fingerprint density at radius 3 is 2.65 bits per heavy atom. The Balaban J connectivity index is 1.95. The van der Waals surface area contributed by atoms with Crippen LogP contribution in [0.15, 0.2) is 18.5 Å². The van der Waals surface area contributed by atoms with Crippen LogP contribution in [0.1, 0.15) is 23.7 Å². The molecule has 0 bridgehead atoms. The van der Waals surface area contributed by atoms with Crippen molar-refractivity contribution in [3.63, 3.8) is 0 Å². The molecular weight excluding hydrogens is 261 g/mol. The van der Waals surface area contributed by atoms with Crippen LogP contribution in [0.3, 0.4) is 0 Å². The number of aliphatic hydroxyl groups is 1. The van der Waals surface area contributed by atoms with E-state index in [2.05, 4.69) is 9.88 Å². The summed E-state index contributed by atoms with van der Waals surface area (Å²) in [5, 5.41) is 9.29. The first-order valence-corrected chi connectivity index (χ1v) is 6.90. The van der Waals surface area contributed by atoms with Crippen molar-refractivity contribution >= 4 is 5.91 Å². The second-order valence-corrected chi connectivity index (χ2v) is 4.96. The molecule has 2 heterocycles. The van der Waals surface area contributed by atoms with E-state index in [1.165, 1.54) is 12.3 Å². The number of amides is 1. The van der Waals surface area contributed by atoms with Gasteiger partial charge in [-0.05, 0) is 12.5 Å². The third-order valence-corrected chi connectivity index (χ3v) is 3.75. The molecule has 1 saturated heterocycles. The number of rotatable bonds is 4. The van der Waals surface area contributed by atoms with Crippen molar-refractivity contribution in [3.8, 4) is 0 Å². The molecule has 110 valence electrons. The van der Waals surface area contributed by atoms with E-state index in [4.69, 9.17) is 0 Å². The summed E-state index contributed by atoms with van der Waals surface area (Å²) in [6.45, 7) is 4.81. The highest BCUT2D eigenvalue weighted by molar-refractivity contribution is 5.94. The van der Waals surface area contributed by atoms with Crippen molar-refractivity contribution in [2.24, 2.45) is 0 Å². The second kappa shape index (κ2) is 6.76. The Bertz CT molecular complexity index is 457. The topological polar surface area (TPSA) is 56.7 Å². The SMILES string of the molecule is CC[C@@H](CO)N1CCN(C(=O)c2cncc(F)c2)CC1. The normalized spacial score (nSPS) is 18.1. The number of aliphatic hydroxyl groups excluding tert-OH is 1. The van der Waals surface area contributed by atoms with Gasteiger partial charge in [0.1, 0.15) is 5.82 Å². The van der Waals surface area contributed by atoms with Crippen molar-refractivity contribution in [1.29, 1.82) is 0 Å². The lowest BCUT2D eigenvalue weighted by atomic mass is 10.1. The Labute approximate surface area is 118 Å². The molecule has 1 aliphatic rings. The molecule has 0 unspecified atom stereocenters. The third-order valence-electron chi connectivity index (χ3n) is 3.75. The molecule has 0 saturated carbocycles. The van der Waals surface area contributed by atoms with Gasteiger partial charge in [-0.1, -0.05) is 6.92 Å². The molecule has 20 heavy (non-hydrogen) atoms. The zero-order valence-electron chi connectivity index (χ0n) is 11.6. The minimum Gasteiger partial charge on any atom is -0.395 e. The lowest BCUT2D eigenvalue weighted by Crippen LogP contribution is -2.52. The van der Waals surface area contributed by atoms with Gasteiger partial charge in [-0.3, -0.25) is 14.7 Å². The van der Waals surface area contributed by atoms with Gasteiger partial charge in [0, 0.05) is 38.4 Å². The maximum absolute atomic E-state index is 13.1. The molecular formula is C14H20FN3O2. The van der Waals surface area contributed by atoms with E-state index < -0.39 is 5.82 Å². The minimum atomic E-state index is -0.499. The number of piperazine rings is 1. The van der Waals surface area contributed by atoms with Crippen LogP contribution < -0.4 is 0 Å². The van der Waals surface area contributed by atoms with Crippen molar-refractivity contribution in [1.82, 2.24) is 14.8 Å². The molecule has 1 N–H and O–H groups in total. The fourth-order valence-electron chi connectivity index (χ4n) is 2.50. The summed E-state index contributed by atoms with van der Waals surface area (Å²) < 4.78 is 13.1. The van der Waals surface area contributed by atoms with E-state index >= 15 is 0 Å². The average molecular weight is 281 g/mol. The standard InChI is InChI=1S/C14H20FN3O2/c1-2-13(10-19)17-3-5-18(6-4-17)14(20)11-7-12(15)9-16-8-11/h7-9,13,19H,2-6,10H2,1H3/t13-/m0/s1. The molecule has 2 rings (SSSR count). The largest absolute Gasteiger partial charge is 0.395 e. The van der Waals surface area contributed by atoms with Crippen molar-refractivity contribution in [3.05, 3.63) is 29.8 Å². The first kappa shape index (κ1) is 14.9. The highest BCUT2D eigenvalue weighted by Crippen LogP contribution is 2.12. The van der Waals surface area contributed by atoms with Crippen LogP contribution in [-0.4, -0.2) is 64.6 Å². The van der Waals surface area contributed by atoms with Crippen LogP contribution in [0.5, 0.6) is 0 Å². The number of carbonyl (C=O) groups excluding carboxylic acids is 1. The number of carbonyl (C=O) groups is 1. The maximum atomic E-state index is 13.1. The molecule has 1 atom stereocenters. The molecule has 0 spiro atoms. The Morgan fingerprint density at radius 1 is 1.40 bits per heavy atom. The number of aromatic nitrogens is 1. The number of nitrogens with zero attached hydrogens (tertiary/aromatic N) is 3. The fourth-order valence-corrected chi connectivity index (χ4v) is 2.50.